The van der Waals surface area contributed by atoms with E-state index in [0.29, 0.717) is 0 Å². The number of ether oxygens (including phenoxy) is 1. The van der Waals surface area contributed by atoms with Gasteiger partial charge in [-0.1, -0.05) is 18.2 Å². The van der Waals surface area contributed by atoms with Crippen LogP contribution in [0.2, 0.25) is 0 Å². The van der Waals surface area contributed by atoms with Gasteiger partial charge in [-0.2, -0.15) is 0 Å². The zero-order valence-electron chi connectivity index (χ0n) is 7.97. The first-order chi connectivity index (χ1) is 6.42. The molecule has 0 spiro atoms. The lowest BCUT2D eigenvalue weighted by Crippen LogP contribution is -1.99. The van der Waals surface area contributed by atoms with Crippen LogP contribution in [-0.2, 0) is 17.6 Å². The summed E-state index contributed by atoms with van der Waals surface area (Å²) in [6.45, 7) is 1.89. The summed E-state index contributed by atoms with van der Waals surface area (Å²) in [7, 11) is 1.75. The zero-order valence-corrected chi connectivity index (χ0v) is 7.97. The molecule has 1 aromatic carbocycles. The van der Waals surface area contributed by atoms with Crippen molar-refractivity contribution in [3.8, 4) is 0 Å². The van der Waals surface area contributed by atoms with Crippen molar-refractivity contribution in [1.29, 1.82) is 0 Å². The lowest BCUT2D eigenvalue weighted by molar-refractivity contribution is 0.202. The van der Waals surface area contributed by atoms with Crippen LogP contribution >= 0.6 is 0 Å². The molecule has 0 amide bonds. The standard InChI is InChI=1S/C11H15NO/c1-13-8-6-10-4-2-3-9-5-7-12-11(9)10/h2-4,12H,5-8H2,1H3. The van der Waals surface area contributed by atoms with Crippen molar-refractivity contribution in [1.82, 2.24) is 0 Å². The fraction of sp³-hybridized carbons (Fsp3) is 0.455. The lowest BCUT2D eigenvalue weighted by Gasteiger charge is -2.07. The lowest BCUT2D eigenvalue weighted by atomic mass is 10.1. The van der Waals surface area contributed by atoms with E-state index in [2.05, 4.69) is 23.5 Å². The van der Waals surface area contributed by atoms with E-state index in [1.807, 2.05) is 0 Å². The van der Waals surface area contributed by atoms with Gasteiger partial charge in [0, 0.05) is 19.3 Å². The Morgan fingerprint density at radius 3 is 3.23 bits per heavy atom. The molecule has 13 heavy (non-hydrogen) atoms. The van der Waals surface area contributed by atoms with E-state index < -0.39 is 0 Å². The number of nitrogens with one attached hydrogen (secondary N) is 1. The Morgan fingerprint density at radius 1 is 1.46 bits per heavy atom. The first kappa shape index (κ1) is 8.57. The van der Waals surface area contributed by atoms with Gasteiger partial charge in [0.1, 0.15) is 0 Å². The van der Waals surface area contributed by atoms with Crippen LogP contribution < -0.4 is 5.32 Å². The molecular weight excluding hydrogens is 162 g/mol. The molecular formula is C11H15NO. The maximum absolute atomic E-state index is 5.08. The third-order valence-corrected chi connectivity index (χ3v) is 2.51. The van der Waals surface area contributed by atoms with E-state index in [1.165, 1.54) is 16.8 Å². The molecule has 1 aliphatic heterocycles. The maximum Gasteiger partial charge on any atom is 0.0503 e. The molecule has 1 aromatic rings. The largest absolute Gasteiger partial charge is 0.384 e. The summed E-state index contributed by atoms with van der Waals surface area (Å²) in [6, 6.07) is 6.51. The third kappa shape index (κ3) is 1.68. The topological polar surface area (TPSA) is 21.3 Å². The van der Waals surface area contributed by atoms with Gasteiger partial charge in [0.2, 0.25) is 0 Å². The Hall–Kier alpha value is -1.02. The average Bonchev–Trinajstić information content (AvgIpc) is 2.62. The van der Waals surface area contributed by atoms with Gasteiger partial charge in [0.15, 0.2) is 0 Å². The third-order valence-electron chi connectivity index (χ3n) is 2.51. The van der Waals surface area contributed by atoms with Gasteiger partial charge in [0.05, 0.1) is 6.61 Å². The number of para-hydroxylation sites is 1. The molecule has 0 saturated heterocycles. The van der Waals surface area contributed by atoms with Crippen molar-refractivity contribution in [2.75, 3.05) is 25.6 Å². The predicted octanol–water partition coefficient (Wildman–Crippen LogP) is 1.84. The fourth-order valence-corrected chi connectivity index (χ4v) is 1.83. The van der Waals surface area contributed by atoms with Gasteiger partial charge in [0.25, 0.3) is 0 Å². The SMILES string of the molecule is COCCc1cccc2c1NCC2. The molecule has 0 aromatic heterocycles. The van der Waals surface area contributed by atoms with Gasteiger partial charge in [-0.05, 0) is 24.0 Å². The maximum atomic E-state index is 5.08. The fourth-order valence-electron chi connectivity index (χ4n) is 1.83. The minimum Gasteiger partial charge on any atom is -0.384 e. The number of fused-ring (bicyclic) bond motifs is 1. The Morgan fingerprint density at radius 2 is 2.38 bits per heavy atom. The number of hydrogen-bond acceptors (Lipinski definition) is 2. The first-order valence-electron chi connectivity index (χ1n) is 4.75. The van der Waals surface area contributed by atoms with E-state index in [0.717, 1.165) is 26.0 Å². The van der Waals surface area contributed by atoms with Gasteiger partial charge in [-0.25, -0.2) is 0 Å². The van der Waals surface area contributed by atoms with Crippen LogP contribution in [0.4, 0.5) is 5.69 Å². The van der Waals surface area contributed by atoms with Gasteiger partial charge in [-0.3, -0.25) is 0 Å². The summed E-state index contributed by atoms with van der Waals surface area (Å²) >= 11 is 0. The molecule has 0 atom stereocenters. The molecule has 1 heterocycles. The van der Waals surface area contributed by atoms with Crippen LogP contribution in [0.25, 0.3) is 0 Å². The van der Waals surface area contributed by atoms with Gasteiger partial charge in [-0.15, -0.1) is 0 Å². The molecule has 0 bridgehead atoms. The van der Waals surface area contributed by atoms with Crippen molar-refractivity contribution in [3.63, 3.8) is 0 Å². The molecule has 0 radical (unpaired) electrons. The Balaban J connectivity index is 2.20. The molecule has 70 valence electrons. The molecule has 0 fully saturated rings. The number of methoxy groups -OCH3 is 1. The number of anilines is 1. The average molecular weight is 177 g/mol. The summed E-state index contributed by atoms with van der Waals surface area (Å²) in [4.78, 5) is 0. The second kappa shape index (κ2) is 3.79. The van der Waals surface area contributed by atoms with E-state index in [-0.39, 0.29) is 0 Å². The Labute approximate surface area is 78.9 Å². The predicted molar refractivity (Wildman–Crippen MR) is 54.2 cm³/mol. The van der Waals surface area contributed by atoms with Crippen molar-refractivity contribution in [3.05, 3.63) is 29.3 Å². The van der Waals surface area contributed by atoms with E-state index in [9.17, 15) is 0 Å². The molecule has 2 rings (SSSR count). The van der Waals surface area contributed by atoms with Crippen LogP contribution in [0.1, 0.15) is 11.1 Å². The zero-order chi connectivity index (χ0) is 9.10. The molecule has 1 N–H and O–H groups in total. The van der Waals surface area contributed by atoms with Crippen LogP contribution in [0.3, 0.4) is 0 Å². The smallest absolute Gasteiger partial charge is 0.0503 e. The van der Waals surface area contributed by atoms with Crippen LogP contribution in [0.5, 0.6) is 0 Å². The summed E-state index contributed by atoms with van der Waals surface area (Å²) in [5, 5.41) is 3.42. The summed E-state index contributed by atoms with van der Waals surface area (Å²) in [6.07, 6.45) is 2.17. The van der Waals surface area contributed by atoms with E-state index >= 15 is 0 Å². The molecule has 0 aliphatic carbocycles. The molecule has 1 aliphatic rings. The summed E-state index contributed by atoms with van der Waals surface area (Å²) in [5.74, 6) is 0. The number of rotatable bonds is 3. The minimum absolute atomic E-state index is 0.804. The summed E-state index contributed by atoms with van der Waals surface area (Å²) in [5.41, 5.74) is 4.19. The second-order valence-electron chi connectivity index (χ2n) is 3.37. The van der Waals surface area contributed by atoms with Crippen molar-refractivity contribution >= 4 is 5.69 Å². The normalized spacial score (nSPS) is 13.9. The Kier molecular flexibility index (Phi) is 2.50. The van der Waals surface area contributed by atoms with Gasteiger partial charge >= 0.3 is 0 Å². The number of hydrogen-bond donors (Lipinski definition) is 1. The molecule has 2 heteroatoms. The van der Waals surface area contributed by atoms with Crippen molar-refractivity contribution in [2.24, 2.45) is 0 Å². The highest BCUT2D eigenvalue weighted by Gasteiger charge is 2.12. The number of benzene rings is 1. The van der Waals surface area contributed by atoms with E-state index in [4.69, 9.17) is 4.74 Å². The quantitative estimate of drug-likeness (QED) is 0.760. The molecule has 0 saturated carbocycles. The van der Waals surface area contributed by atoms with Crippen LogP contribution in [0.15, 0.2) is 18.2 Å². The highest BCUT2D eigenvalue weighted by atomic mass is 16.5. The highest BCUT2D eigenvalue weighted by molar-refractivity contribution is 5.61. The first-order valence-corrected chi connectivity index (χ1v) is 4.75. The Bertz CT molecular complexity index is 296. The van der Waals surface area contributed by atoms with Crippen molar-refractivity contribution < 1.29 is 4.74 Å². The molecule has 2 nitrogen and oxygen atoms in total. The van der Waals surface area contributed by atoms with Crippen LogP contribution in [0, 0.1) is 0 Å². The van der Waals surface area contributed by atoms with Crippen molar-refractivity contribution in [2.45, 2.75) is 12.8 Å². The highest BCUT2D eigenvalue weighted by Crippen LogP contribution is 2.26. The second-order valence-corrected chi connectivity index (χ2v) is 3.37. The van der Waals surface area contributed by atoms with E-state index in [1.54, 1.807) is 7.11 Å². The van der Waals surface area contributed by atoms with Crippen LogP contribution in [-0.4, -0.2) is 20.3 Å². The summed E-state index contributed by atoms with van der Waals surface area (Å²) < 4.78 is 5.08. The minimum atomic E-state index is 0.804. The monoisotopic (exact) mass is 177 g/mol. The van der Waals surface area contributed by atoms with Gasteiger partial charge < -0.3 is 10.1 Å². The molecule has 0 unspecified atom stereocenters.